The summed E-state index contributed by atoms with van der Waals surface area (Å²) in [4.78, 5) is 12.8. The first-order valence-corrected chi connectivity index (χ1v) is 8.89. The number of para-hydroxylation sites is 1. The number of rotatable bonds is 4. The lowest BCUT2D eigenvalue weighted by molar-refractivity contribution is 0.885. The fourth-order valence-electron chi connectivity index (χ4n) is 3.18. The van der Waals surface area contributed by atoms with Crippen LogP contribution in [0.3, 0.4) is 0 Å². The summed E-state index contributed by atoms with van der Waals surface area (Å²) in [5.74, 6) is 0.180. The van der Waals surface area contributed by atoms with Crippen LogP contribution in [0.15, 0.2) is 67.0 Å². The molecule has 0 spiro atoms. The van der Waals surface area contributed by atoms with Crippen LogP contribution < -0.4 is 11.1 Å². The van der Waals surface area contributed by atoms with Gasteiger partial charge in [-0.15, -0.1) is 0 Å². The average Bonchev–Trinajstić information content (AvgIpc) is 2.74. The molecule has 28 heavy (non-hydrogen) atoms. The summed E-state index contributed by atoms with van der Waals surface area (Å²) in [5.41, 5.74) is 9.90. The quantitative estimate of drug-likeness (QED) is 0.558. The van der Waals surface area contributed by atoms with E-state index in [9.17, 15) is 5.26 Å². The number of pyridine rings is 1. The van der Waals surface area contributed by atoms with Crippen molar-refractivity contribution in [3.63, 3.8) is 0 Å². The second kappa shape index (κ2) is 7.33. The van der Waals surface area contributed by atoms with Gasteiger partial charge in [0.2, 0.25) is 5.95 Å². The molecule has 0 aliphatic rings. The SMILES string of the molecule is CC(Nc1c(C#N)c(-c2cnc(N)nc2)nc2ccccc12)c1ccccc1. The summed E-state index contributed by atoms with van der Waals surface area (Å²) in [5, 5.41) is 14.4. The first-order chi connectivity index (χ1) is 13.7. The van der Waals surface area contributed by atoms with Gasteiger partial charge in [0, 0.05) is 29.4 Å². The molecule has 3 N–H and O–H groups in total. The van der Waals surface area contributed by atoms with Crippen molar-refractivity contribution in [2.24, 2.45) is 0 Å². The highest BCUT2D eigenvalue weighted by Gasteiger charge is 2.18. The van der Waals surface area contributed by atoms with Gasteiger partial charge in [0.25, 0.3) is 0 Å². The van der Waals surface area contributed by atoms with Crippen molar-refractivity contribution in [3.8, 4) is 17.3 Å². The van der Waals surface area contributed by atoms with E-state index in [4.69, 9.17) is 10.7 Å². The molecule has 136 valence electrons. The van der Waals surface area contributed by atoms with Crippen LogP contribution in [-0.4, -0.2) is 15.0 Å². The Morgan fingerprint density at radius 1 is 1.00 bits per heavy atom. The molecule has 0 amide bonds. The number of benzene rings is 2. The highest BCUT2D eigenvalue weighted by Crippen LogP contribution is 2.35. The lowest BCUT2D eigenvalue weighted by atomic mass is 10.0. The molecule has 0 saturated carbocycles. The average molecular weight is 366 g/mol. The van der Waals surface area contributed by atoms with Crippen LogP contribution in [0.4, 0.5) is 11.6 Å². The Morgan fingerprint density at radius 3 is 2.39 bits per heavy atom. The molecule has 2 heterocycles. The number of nitrogens with zero attached hydrogens (tertiary/aromatic N) is 4. The third-order valence-electron chi connectivity index (χ3n) is 4.61. The predicted octanol–water partition coefficient (Wildman–Crippen LogP) is 4.32. The summed E-state index contributed by atoms with van der Waals surface area (Å²) in [7, 11) is 0. The Hall–Kier alpha value is -3.98. The molecule has 6 nitrogen and oxygen atoms in total. The van der Waals surface area contributed by atoms with Gasteiger partial charge >= 0.3 is 0 Å². The van der Waals surface area contributed by atoms with Crippen molar-refractivity contribution < 1.29 is 0 Å². The summed E-state index contributed by atoms with van der Waals surface area (Å²) in [6.07, 6.45) is 3.18. The van der Waals surface area contributed by atoms with E-state index < -0.39 is 0 Å². The molecule has 2 aromatic carbocycles. The molecule has 1 unspecified atom stereocenters. The second-order valence-electron chi connectivity index (χ2n) is 6.45. The van der Waals surface area contributed by atoms with Crippen LogP contribution in [0.2, 0.25) is 0 Å². The second-order valence-corrected chi connectivity index (χ2v) is 6.45. The van der Waals surface area contributed by atoms with Crippen LogP contribution in [0.5, 0.6) is 0 Å². The van der Waals surface area contributed by atoms with Crippen LogP contribution in [0.25, 0.3) is 22.2 Å². The molecule has 0 aliphatic carbocycles. The molecule has 4 rings (SSSR count). The van der Waals surface area contributed by atoms with Gasteiger partial charge in [-0.2, -0.15) is 5.26 Å². The number of aromatic nitrogens is 3. The minimum absolute atomic E-state index is 0.00891. The third-order valence-corrected chi connectivity index (χ3v) is 4.61. The number of hydrogen-bond acceptors (Lipinski definition) is 6. The van der Waals surface area contributed by atoms with Crippen molar-refractivity contribution in [3.05, 3.63) is 78.1 Å². The Kier molecular flexibility index (Phi) is 4.56. The van der Waals surface area contributed by atoms with Crippen LogP contribution in [-0.2, 0) is 0 Å². The minimum Gasteiger partial charge on any atom is -0.377 e. The summed E-state index contributed by atoms with van der Waals surface area (Å²) in [6.45, 7) is 2.07. The minimum atomic E-state index is 0.00891. The molecular weight excluding hydrogens is 348 g/mol. The van der Waals surface area contributed by atoms with Crippen molar-refractivity contribution in [2.75, 3.05) is 11.1 Å². The van der Waals surface area contributed by atoms with E-state index in [1.807, 2.05) is 42.5 Å². The number of nitriles is 1. The molecule has 0 saturated heterocycles. The number of anilines is 2. The maximum atomic E-state index is 9.96. The Labute approximate surface area is 162 Å². The van der Waals surface area contributed by atoms with Gasteiger partial charge in [-0.1, -0.05) is 48.5 Å². The molecule has 0 aliphatic heterocycles. The lowest BCUT2D eigenvalue weighted by Crippen LogP contribution is -2.10. The Balaban J connectivity index is 1.91. The zero-order chi connectivity index (χ0) is 19.5. The maximum absolute atomic E-state index is 9.96. The van der Waals surface area contributed by atoms with E-state index in [-0.39, 0.29) is 12.0 Å². The molecular formula is C22H18N6. The van der Waals surface area contributed by atoms with Crippen LogP contribution in [0, 0.1) is 11.3 Å². The fourth-order valence-corrected chi connectivity index (χ4v) is 3.18. The first kappa shape index (κ1) is 17.4. The molecule has 6 heteroatoms. The largest absolute Gasteiger partial charge is 0.377 e. The lowest BCUT2D eigenvalue weighted by Gasteiger charge is -2.20. The van der Waals surface area contributed by atoms with Gasteiger partial charge in [-0.3, -0.25) is 0 Å². The topological polar surface area (TPSA) is 101 Å². The van der Waals surface area contributed by atoms with Crippen molar-refractivity contribution in [1.29, 1.82) is 5.26 Å². The van der Waals surface area contributed by atoms with Gasteiger partial charge in [-0.25, -0.2) is 15.0 Å². The summed E-state index contributed by atoms with van der Waals surface area (Å²) >= 11 is 0. The molecule has 2 aromatic heterocycles. The van der Waals surface area contributed by atoms with Crippen LogP contribution >= 0.6 is 0 Å². The van der Waals surface area contributed by atoms with Crippen LogP contribution in [0.1, 0.15) is 24.1 Å². The van der Waals surface area contributed by atoms with Gasteiger partial charge in [0.05, 0.1) is 16.9 Å². The Bertz CT molecular complexity index is 1160. The maximum Gasteiger partial charge on any atom is 0.219 e. The summed E-state index contributed by atoms with van der Waals surface area (Å²) in [6, 6.07) is 20.2. The predicted molar refractivity (Wildman–Crippen MR) is 110 cm³/mol. The molecule has 0 fully saturated rings. The van der Waals surface area contributed by atoms with E-state index in [1.54, 1.807) is 12.4 Å². The third kappa shape index (κ3) is 3.21. The van der Waals surface area contributed by atoms with Gasteiger partial charge in [-0.05, 0) is 18.6 Å². The first-order valence-electron chi connectivity index (χ1n) is 8.89. The van der Waals surface area contributed by atoms with Crippen molar-refractivity contribution in [2.45, 2.75) is 13.0 Å². The monoisotopic (exact) mass is 366 g/mol. The highest BCUT2D eigenvalue weighted by molar-refractivity contribution is 5.98. The standard InChI is InChI=1S/C22H18N6/c1-14(15-7-3-2-4-8-15)27-21-17-9-5-6-10-19(17)28-20(18(21)11-23)16-12-25-22(24)26-13-16/h2-10,12-14H,1H3,(H,27,28)(H2,24,25,26). The number of hydrogen-bond donors (Lipinski definition) is 2. The van der Waals surface area contributed by atoms with E-state index >= 15 is 0 Å². The molecule has 0 radical (unpaired) electrons. The van der Waals surface area contributed by atoms with Gasteiger partial charge in [0.15, 0.2) is 0 Å². The van der Waals surface area contributed by atoms with E-state index in [2.05, 4.69) is 40.4 Å². The molecule has 1 atom stereocenters. The normalized spacial score (nSPS) is 11.7. The number of fused-ring (bicyclic) bond motifs is 1. The van der Waals surface area contributed by atoms with E-state index in [1.165, 1.54) is 0 Å². The fraction of sp³-hybridized carbons (Fsp3) is 0.0909. The molecule has 4 aromatic rings. The molecule has 0 bridgehead atoms. The van der Waals surface area contributed by atoms with Gasteiger partial charge < -0.3 is 11.1 Å². The number of nitrogen functional groups attached to an aromatic ring is 1. The number of nitrogens with one attached hydrogen (secondary N) is 1. The van der Waals surface area contributed by atoms with E-state index in [0.29, 0.717) is 16.8 Å². The highest BCUT2D eigenvalue weighted by atomic mass is 15.0. The zero-order valence-electron chi connectivity index (χ0n) is 15.3. The van der Waals surface area contributed by atoms with Crippen molar-refractivity contribution >= 4 is 22.5 Å². The van der Waals surface area contributed by atoms with Crippen molar-refractivity contribution in [1.82, 2.24) is 15.0 Å². The van der Waals surface area contributed by atoms with Gasteiger partial charge in [0.1, 0.15) is 11.6 Å². The number of nitrogens with two attached hydrogens (primary N) is 1. The smallest absolute Gasteiger partial charge is 0.219 e. The van der Waals surface area contributed by atoms with E-state index in [0.717, 1.165) is 22.2 Å². The Morgan fingerprint density at radius 2 is 1.68 bits per heavy atom. The summed E-state index contributed by atoms with van der Waals surface area (Å²) < 4.78 is 0. The zero-order valence-corrected chi connectivity index (χ0v) is 15.3.